The summed E-state index contributed by atoms with van der Waals surface area (Å²) in [5.41, 5.74) is 9.14. The number of aryl methyl sites for hydroxylation is 2. The number of nitrogens with one attached hydrogen (secondary N) is 1. The van der Waals surface area contributed by atoms with Crippen molar-refractivity contribution in [3.63, 3.8) is 0 Å². The van der Waals surface area contributed by atoms with Gasteiger partial charge in [-0.3, -0.25) is 10.1 Å². The molecular formula is C26H32N4O4. The minimum Gasteiger partial charge on any atom is -0.444 e. The Balaban J connectivity index is 1.67. The summed E-state index contributed by atoms with van der Waals surface area (Å²) in [6.07, 6.45) is -0.531. The molecule has 1 heterocycles. The van der Waals surface area contributed by atoms with Gasteiger partial charge < -0.3 is 19.9 Å². The maximum absolute atomic E-state index is 13.4. The maximum Gasteiger partial charge on any atom is 0.411 e. The summed E-state index contributed by atoms with van der Waals surface area (Å²) >= 11 is 0. The number of ether oxygens (including phenoxy) is 1. The van der Waals surface area contributed by atoms with Crippen LogP contribution in [0.4, 0.5) is 10.5 Å². The Hall–Kier alpha value is -3.65. The van der Waals surface area contributed by atoms with Crippen LogP contribution < -0.4 is 11.1 Å². The quantitative estimate of drug-likeness (QED) is 0.476. The highest BCUT2D eigenvalue weighted by Crippen LogP contribution is 2.23. The molecule has 2 amide bonds. The molecule has 0 bridgehead atoms. The van der Waals surface area contributed by atoms with Gasteiger partial charge in [-0.15, -0.1) is 0 Å². The molecule has 0 fully saturated rings. The van der Waals surface area contributed by atoms with Gasteiger partial charge in [0.2, 0.25) is 0 Å². The number of amides is 2. The van der Waals surface area contributed by atoms with E-state index in [4.69, 9.17) is 15.0 Å². The number of hydrogen-bond acceptors (Lipinski definition) is 6. The molecule has 0 saturated carbocycles. The van der Waals surface area contributed by atoms with Gasteiger partial charge >= 0.3 is 6.09 Å². The number of benzene rings is 2. The largest absolute Gasteiger partial charge is 0.444 e. The number of carbonyl (C=O) groups excluding carboxylic acids is 2. The van der Waals surface area contributed by atoms with Crippen molar-refractivity contribution in [1.29, 1.82) is 0 Å². The zero-order valence-electron chi connectivity index (χ0n) is 20.1. The van der Waals surface area contributed by atoms with E-state index < -0.39 is 6.09 Å². The first-order valence-electron chi connectivity index (χ1n) is 11.2. The molecule has 2 aromatic carbocycles. The molecule has 1 aromatic heterocycles. The van der Waals surface area contributed by atoms with Crippen molar-refractivity contribution in [2.45, 2.75) is 40.8 Å². The highest BCUT2D eigenvalue weighted by atomic mass is 16.5. The van der Waals surface area contributed by atoms with Crippen LogP contribution in [-0.2, 0) is 17.9 Å². The first-order valence-corrected chi connectivity index (χ1v) is 11.2. The zero-order chi connectivity index (χ0) is 24.7. The van der Waals surface area contributed by atoms with Crippen LogP contribution in [0.25, 0.3) is 0 Å². The van der Waals surface area contributed by atoms with E-state index in [9.17, 15) is 9.59 Å². The zero-order valence-corrected chi connectivity index (χ0v) is 20.1. The normalized spacial score (nSPS) is 11.2. The molecule has 180 valence electrons. The van der Waals surface area contributed by atoms with Crippen LogP contribution in [0.2, 0.25) is 0 Å². The molecule has 8 heteroatoms. The second-order valence-corrected chi connectivity index (χ2v) is 9.11. The van der Waals surface area contributed by atoms with Gasteiger partial charge in [-0.05, 0) is 49.1 Å². The van der Waals surface area contributed by atoms with Crippen molar-refractivity contribution >= 4 is 17.7 Å². The van der Waals surface area contributed by atoms with Crippen molar-refractivity contribution in [3.05, 3.63) is 82.7 Å². The monoisotopic (exact) mass is 464 g/mol. The molecule has 0 aliphatic carbocycles. The second kappa shape index (κ2) is 11.0. The van der Waals surface area contributed by atoms with E-state index in [1.54, 1.807) is 30.9 Å². The average Bonchev–Trinajstić information content (AvgIpc) is 3.16. The van der Waals surface area contributed by atoms with Gasteiger partial charge in [0.05, 0.1) is 5.69 Å². The minimum absolute atomic E-state index is 0.149. The van der Waals surface area contributed by atoms with Crippen LogP contribution >= 0.6 is 0 Å². The van der Waals surface area contributed by atoms with E-state index in [1.807, 2.05) is 56.3 Å². The molecule has 0 spiro atoms. The lowest BCUT2D eigenvalue weighted by atomic mass is 9.92. The Morgan fingerprint density at radius 3 is 2.32 bits per heavy atom. The molecule has 0 radical (unpaired) electrons. The maximum atomic E-state index is 13.4. The van der Waals surface area contributed by atoms with Crippen molar-refractivity contribution in [2.24, 2.45) is 11.1 Å². The Kier molecular flexibility index (Phi) is 8.07. The Bertz CT molecular complexity index is 1090. The van der Waals surface area contributed by atoms with Crippen LogP contribution in [0.3, 0.4) is 0 Å². The van der Waals surface area contributed by atoms with Crippen LogP contribution in [-0.4, -0.2) is 35.1 Å². The number of nitrogens with zero attached hydrogens (tertiary/aromatic N) is 2. The number of carbonyl (C=O) groups is 2. The molecule has 8 nitrogen and oxygen atoms in total. The van der Waals surface area contributed by atoms with Gasteiger partial charge in [0.1, 0.15) is 17.9 Å². The van der Waals surface area contributed by atoms with E-state index in [2.05, 4.69) is 10.5 Å². The minimum atomic E-state index is -0.531. The molecule has 3 aromatic rings. The molecule has 34 heavy (non-hydrogen) atoms. The standard InChI is InChI=1S/C26H32N4O4/c1-18-23(19(2)34-29-18)24(31)30(17-26(3,4)16-27)14-20-10-12-22(13-11-20)28-25(32)33-15-21-8-6-5-7-9-21/h5-13H,14-17,27H2,1-4H3,(H,28,32). The summed E-state index contributed by atoms with van der Waals surface area (Å²) in [5, 5.41) is 6.64. The fourth-order valence-electron chi connectivity index (χ4n) is 3.52. The molecule has 0 atom stereocenters. The van der Waals surface area contributed by atoms with Gasteiger partial charge in [-0.2, -0.15) is 0 Å². The highest BCUT2D eigenvalue weighted by Gasteiger charge is 2.28. The topological polar surface area (TPSA) is 111 Å². The van der Waals surface area contributed by atoms with Crippen LogP contribution in [0.5, 0.6) is 0 Å². The van der Waals surface area contributed by atoms with E-state index in [0.29, 0.717) is 42.3 Å². The van der Waals surface area contributed by atoms with Gasteiger partial charge in [-0.25, -0.2) is 4.79 Å². The predicted molar refractivity (Wildman–Crippen MR) is 130 cm³/mol. The lowest BCUT2D eigenvalue weighted by molar-refractivity contribution is 0.0671. The van der Waals surface area contributed by atoms with Gasteiger partial charge in [0.15, 0.2) is 0 Å². The van der Waals surface area contributed by atoms with Crippen molar-refractivity contribution < 1.29 is 18.8 Å². The lowest BCUT2D eigenvalue weighted by Gasteiger charge is -2.32. The van der Waals surface area contributed by atoms with Crippen LogP contribution in [0.15, 0.2) is 59.1 Å². The summed E-state index contributed by atoms with van der Waals surface area (Å²) in [7, 11) is 0. The number of rotatable bonds is 9. The molecule has 0 saturated heterocycles. The molecule has 0 unspecified atom stereocenters. The lowest BCUT2D eigenvalue weighted by Crippen LogP contribution is -2.42. The molecule has 0 aliphatic heterocycles. The third-order valence-corrected chi connectivity index (χ3v) is 5.49. The van der Waals surface area contributed by atoms with E-state index in [1.165, 1.54) is 0 Å². The molecular weight excluding hydrogens is 432 g/mol. The van der Waals surface area contributed by atoms with E-state index in [-0.39, 0.29) is 17.9 Å². The summed E-state index contributed by atoms with van der Waals surface area (Å²) in [5.74, 6) is 0.344. The Morgan fingerprint density at radius 1 is 1.06 bits per heavy atom. The number of hydrogen-bond donors (Lipinski definition) is 2. The summed E-state index contributed by atoms with van der Waals surface area (Å²) in [6, 6.07) is 16.8. The smallest absolute Gasteiger partial charge is 0.411 e. The predicted octanol–water partition coefficient (Wildman–Crippen LogP) is 4.67. The first kappa shape index (κ1) is 25.0. The van der Waals surface area contributed by atoms with E-state index >= 15 is 0 Å². The van der Waals surface area contributed by atoms with Crippen LogP contribution in [0, 0.1) is 19.3 Å². The number of aromatic nitrogens is 1. The van der Waals surface area contributed by atoms with E-state index in [0.717, 1.165) is 11.1 Å². The number of anilines is 1. The molecule has 3 N–H and O–H groups in total. The van der Waals surface area contributed by atoms with Gasteiger partial charge in [-0.1, -0.05) is 61.5 Å². The van der Waals surface area contributed by atoms with Gasteiger partial charge in [0.25, 0.3) is 5.91 Å². The van der Waals surface area contributed by atoms with Crippen molar-refractivity contribution in [1.82, 2.24) is 10.1 Å². The Labute approximate surface area is 200 Å². The first-order chi connectivity index (χ1) is 16.2. The van der Waals surface area contributed by atoms with Crippen LogP contribution in [0.1, 0.15) is 46.8 Å². The summed E-state index contributed by atoms with van der Waals surface area (Å²) < 4.78 is 10.5. The number of nitrogens with two attached hydrogens (primary N) is 1. The fourth-order valence-corrected chi connectivity index (χ4v) is 3.52. The summed E-state index contributed by atoms with van der Waals surface area (Å²) in [6.45, 7) is 9.02. The Morgan fingerprint density at radius 2 is 1.74 bits per heavy atom. The van der Waals surface area contributed by atoms with Crippen molar-refractivity contribution in [2.75, 3.05) is 18.4 Å². The van der Waals surface area contributed by atoms with Gasteiger partial charge in [0, 0.05) is 18.8 Å². The fraction of sp³-hybridized carbons (Fsp3) is 0.346. The average molecular weight is 465 g/mol. The second-order valence-electron chi connectivity index (χ2n) is 9.11. The SMILES string of the molecule is Cc1noc(C)c1C(=O)N(Cc1ccc(NC(=O)OCc2ccccc2)cc1)CC(C)(C)CN. The summed E-state index contributed by atoms with van der Waals surface area (Å²) in [4.78, 5) is 27.2. The highest BCUT2D eigenvalue weighted by molar-refractivity contribution is 5.96. The van der Waals surface area contributed by atoms with Crippen molar-refractivity contribution in [3.8, 4) is 0 Å². The third kappa shape index (κ3) is 6.68. The molecule has 3 rings (SSSR count). The molecule has 0 aliphatic rings. The third-order valence-electron chi connectivity index (χ3n) is 5.49.